The van der Waals surface area contributed by atoms with Crippen molar-refractivity contribution in [1.82, 2.24) is 78.8 Å². The predicted octanol–water partition coefficient (Wildman–Crippen LogP) is 11.5. The summed E-state index contributed by atoms with van der Waals surface area (Å²) in [5.41, 5.74) is 7.01. The van der Waals surface area contributed by atoms with E-state index in [9.17, 15) is 0 Å². The predicted molar refractivity (Wildman–Crippen MR) is 363 cm³/mol. The van der Waals surface area contributed by atoms with E-state index in [-0.39, 0.29) is 51.5 Å². The second kappa shape index (κ2) is 45.7. The molecule has 6 saturated carbocycles. The fourth-order valence-electron chi connectivity index (χ4n) is 15.3. The molecule has 6 heterocycles. The summed E-state index contributed by atoms with van der Waals surface area (Å²) >= 11 is 0.0208. The number of hydrogen-bond donors (Lipinski definition) is 12. The molecule has 12 N–H and O–H groups in total. The molecule has 0 radical (unpaired) electrons. The molecule has 0 saturated heterocycles. The van der Waals surface area contributed by atoms with Crippen LogP contribution in [0.3, 0.4) is 0 Å². The summed E-state index contributed by atoms with van der Waals surface area (Å²) in [7, 11) is 28.8. The molecule has 6 aliphatic carbocycles. The molecule has 0 spiro atoms. The van der Waals surface area contributed by atoms with E-state index in [4.69, 9.17) is 75.5 Å². The van der Waals surface area contributed by atoms with Gasteiger partial charge < -0.3 is 63.8 Å². The summed E-state index contributed by atoms with van der Waals surface area (Å²) in [6.07, 6.45) is 31.5. The van der Waals surface area contributed by atoms with Crippen LogP contribution in [-0.2, 0) is 65.6 Å². The van der Waals surface area contributed by atoms with Crippen LogP contribution in [0.4, 0.5) is 0 Å². The zero-order valence-corrected chi connectivity index (χ0v) is 61.1. The normalized spacial score (nSPS) is 32.4. The van der Waals surface area contributed by atoms with Gasteiger partial charge in [0.25, 0.3) is 0 Å². The SMILES string of the molecule is C[C@@H]1N[C@@H]2CCCC[C@H]2NCCN[C@@H]2CCCC[C@H]2N[C@H](C)c2cccc1n2.[Cl][Mn][Cl].[Cl][Mn][Cl].[Cl][Mn][Cl].c1cc2nc(c1)CN[C@@H]1CCCC[C@H]1NCCN[C@@H]1CCCC[C@H]1NC2.c1cc2nc(c1)CN[C@H]1CCCC[C@@H]1NCCN[C@H]1CCCC[C@@H]1NC2. The first-order chi connectivity index (χ1) is 43.7. The topological polar surface area (TPSA) is 183 Å². The third-order valence-electron chi connectivity index (χ3n) is 19.9. The quantitative estimate of drug-likeness (QED) is 0.0955. The first-order valence-corrected chi connectivity index (χ1v) is 43.8. The number of pyridine rings is 3. The van der Waals surface area contributed by atoms with Gasteiger partial charge in [0.1, 0.15) is 0 Å². The van der Waals surface area contributed by atoms with Crippen LogP contribution in [0.5, 0.6) is 0 Å². The van der Waals surface area contributed by atoms with E-state index in [0.717, 1.165) is 65.4 Å². The smallest absolute Gasteiger partial charge is 0.0545 e. The van der Waals surface area contributed by atoms with Crippen molar-refractivity contribution in [3.63, 3.8) is 0 Å². The molecule has 89 heavy (non-hydrogen) atoms. The van der Waals surface area contributed by atoms with Crippen molar-refractivity contribution in [1.29, 1.82) is 0 Å². The van der Waals surface area contributed by atoms with E-state index >= 15 is 0 Å². The molecular weight excluding hydrogens is 1370 g/mol. The molecule has 14 atom stereocenters. The minimum atomic E-state index is 0.00694. The van der Waals surface area contributed by atoms with Crippen LogP contribution < -0.4 is 63.8 Å². The molecule has 6 fully saturated rings. The summed E-state index contributed by atoms with van der Waals surface area (Å²) in [6, 6.07) is 26.9. The standard InChI is InChI=1S/C23H39N5.2C21H35N5.6ClH.3Mn/c1-16-18-12-7-13-19(28-18)17(2)27-23-11-6-4-9-21(23)25-15-14-24-20-8-3-5-10-22(20)26-16;2*1-3-10-20-18(8-1)22-12-13-23-19-9-2-4-11-21(19)25-15-17-7-5-6-16(26-17)14-24-20;;;;;;;;;/h7,12-13,16-17,20-27H,3-6,8-11,14-15H2,1-2H3;2*5-7,18-25H,1-4,8-15H2;6*1H;;;/q;;;;;;;;;3*+2/p-6/t16-,17+,20-,21-,22-,23-;2*18-,19-,20-,21-;;;;;;;;;/m110........./s1. The van der Waals surface area contributed by atoms with Gasteiger partial charge in [-0.3, -0.25) is 15.0 Å². The third-order valence-corrected chi connectivity index (χ3v) is 19.9. The average molecular weight is 1480 g/mol. The molecular formula is C65H109Cl6Mn3N15. The Kier molecular flexibility index (Phi) is 39.4. The van der Waals surface area contributed by atoms with Crippen molar-refractivity contribution in [2.45, 2.75) is 279 Å². The van der Waals surface area contributed by atoms with Gasteiger partial charge in [0.05, 0.1) is 34.2 Å². The van der Waals surface area contributed by atoms with Crippen LogP contribution in [0, 0.1) is 0 Å². The molecule has 6 bridgehead atoms. The Labute approximate surface area is 580 Å². The Hall–Kier alpha value is 0.268. The largest absolute Gasteiger partial charge is 0.311 e. The molecule has 15 nitrogen and oxygen atoms in total. The second-order valence-electron chi connectivity index (χ2n) is 25.9. The molecule has 0 amide bonds. The first kappa shape index (κ1) is 76.6. The fraction of sp³-hybridized carbons (Fsp3) is 0.769. The number of aromatic nitrogens is 3. The van der Waals surface area contributed by atoms with Crippen molar-refractivity contribution < 1.29 is 39.4 Å². The summed E-state index contributed by atoms with van der Waals surface area (Å²) in [6.45, 7) is 14.4. The summed E-state index contributed by atoms with van der Waals surface area (Å²) in [5, 5.41) is 46.0. The third kappa shape index (κ3) is 28.0. The van der Waals surface area contributed by atoms with Gasteiger partial charge in [0.15, 0.2) is 0 Å². The van der Waals surface area contributed by atoms with Crippen LogP contribution in [0.15, 0.2) is 54.6 Å². The fourth-order valence-corrected chi connectivity index (χ4v) is 15.3. The average Bonchev–Trinajstić information content (AvgIpc) is 3.86. The molecule has 0 unspecified atom stereocenters. The van der Waals surface area contributed by atoms with Crippen molar-refractivity contribution in [2.24, 2.45) is 0 Å². The van der Waals surface area contributed by atoms with Crippen molar-refractivity contribution in [2.75, 3.05) is 39.3 Å². The summed E-state index contributed by atoms with van der Waals surface area (Å²) < 4.78 is 0. The molecule has 507 valence electrons. The zero-order chi connectivity index (χ0) is 62.7. The van der Waals surface area contributed by atoms with Crippen LogP contribution in [0.1, 0.15) is 214 Å². The number of halogens is 6. The van der Waals surface area contributed by atoms with Crippen molar-refractivity contribution >= 4 is 60.6 Å². The van der Waals surface area contributed by atoms with Gasteiger partial charge in [-0.1, -0.05) is 95.2 Å². The monoisotopic (exact) mass is 1470 g/mol. The van der Waals surface area contributed by atoms with Gasteiger partial charge in [-0.15, -0.1) is 0 Å². The maximum Gasteiger partial charge on any atom is 0.0545 e. The van der Waals surface area contributed by atoms with Crippen molar-refractivity contribution in [3.8, 4) is 0 Å². The molecule has 3 aromatic heterocycles. The number of nitrogens with one attached hydrogen (secondary N) is 12. The number of hydrogen-bond acceptors (Lipinski definition) is 15. The van der Waals surface area contributed by atoms with Gasteiger partial charge in [0, 0.05) is 150 Å². The van der Waals surface area contributed by atoms with Gasteiger partial charge >= 0.3 is 100.0 Å². The van der Waals surface area contributed by atoms with E-state index < -0.39 is 0 Å². The maximum absolute atomic E-state index is 5.06. The molecule has 0 aromatic carbocycles. The minimum Gasteiger partial charge on any atom is -0.311 e. The first-order valence-electron chi connectivity index (χ1n) is 34.1. The van der Waals surface area contributed by atoms with Crippen LogP contribution in [-0.4, -0.2) is 127 Å². The van der Waals surface area contributed by atoms with Gasteiger partial charge in [-0.25, -0.2) is 0 Å². The van der Waals surface area contributed by atoms with Gasteiger partial charge in [0.2, 0.25) is 0 Å². The van der Waals surface area contributed by atoms with E-state index in [1.165, 1.54) is 188 Å². The Morgan fingerprint density at radius 3 is 0.708 bits per heavy atom. The Bertz CT molecular complexity index is 2090. The summed E-state index contributed by atoms with van der Waals surface area (Å²) in [5.74, 6) is 0. The molecule has 24 heteroatoms. The second-order valence-corrected chi connectivity index (χ2v) is 31.7. The number of rotatable bonds is 0. The van der Waals surface area contributed by atoms with E-state index in [1.54, 1.807) is 0 Å². The van der Waals surface area contributed by atoms with E-state index in [2.05, 4.69) is 132 Å². The van der Waals surface area contributed by atoms with Crippen LogP contribution >= 0.6 is 60.6 Å². The molecule has 3 aliphatic heterocycles. The molecule has 9 aliphatic rings. The minimum absolute atomic E-state index is 0.00694. The molecule has 3 aromatic rings. The van der Waals surface area contributed by atoms with E-state index in [1.807, 2.05) is 0 Å². The van der Waals surface area contributed by atoms with Crippen LogP contribution in [0.2, 0.25) is 0 Å². The Balaban J connectivity index is 0.000000178. The van der Waals surface area contributed by atoms with Gasteiger partial charge in [-0.05, 0) is 127 Å². The maximum atomic E-state index is 5.06. The number of nitrogens with zero attached hydrogens (tertiary/aromatic N) is 3. The molecule has 12 rings (SSSR count). The van der Waals surface area contributed by atoms with Crippen molar-refractivity contribution in [3.05, 3.63) is 88.8 Å². The zero-order valence-electron chi connectivity index (χ0n) is 53.1. The Morgan fingerprint density at radius 2 is 0.472 bits per heavy atom. The number of fused-ring (bicyclic) bond motifs is 12. The van der Waals surface area contributed by atoms with E-state index in [0.29, 0.717) is 72.5 Å². The summed E-state index contributed by atoms with van der Waals surface area (Å²) in [4.78, 5) is 14.8. The van der Waals surface area contributed by atoms with Crippen LogP contribution in [0.25, 0.3) is 0 Å². The van der Waals surface area contributed by atoms with Gasteiger partial charge in [-0.2, -0.15) is 0 Å². The Morgan fingerprint density at radius 1 is 0.281 bits per heavy atom.